The predicted octanol–water partition coefficient (Wildman–Crippen LogP) is 9.22. The first-order valence-electron chi connectivity index (χ1n) is 15.6. The minimum absolute atomic E-state index is 0.0777. The normalized spacial score (nSPS) is 39.5. The van der Waals surface area contributed by atoms with Crippen molar-refractivity contribution in [3.05, 3.63) is 83.4 Å². The van der Waals surface area contributed by atoms with Gasteiger partial charge in [0, 0.05) is 11.3 Å². The van der Waals surface area contributed by atoms with Crippen molar-refractivity contribution in [3.63, 3.8) is 0 Å². The average Bonchev–Trinajstić information content (AvgIpc) is 3.30. The van der Waals surface area contributed by atoms with Crippen molar-refractivity contribution in [2.45, 2.75) is 79.6 Å². The standard InChI is InChI=1S/C38H46O2/c1-35(2)32-21-23-38(5)33(36(32,3)25-28(34(35)40)24-27-14-10-7-11-15-27)19-17-30-29(20-22-37(30,38)4)31(39)18-16-26-12-8-6-9-13-26/h6-16,18,24,29-30,32-33H,17,19-23,25H2,1-5H3/b18-16+,28-24-/t29-,30+,32-,33+,36-,37+,38+/m0/s1. The van der Waals surface area contributed by atoms with E-state index in [-0.39, 0.29) is 27.6 Å². The van der Waals surface area contributed by atoms with Gasteiger partial charge in [-0.1, -0.05) is 101 Å². The Hall–Kier alpha value is -2.74. The van der Waals surface area contributed by atoms with Crippen molar-refractivity contribution in [1.29, 1.82) is 0 Å². The minimum Gasteiger partial charge on any atom is -0.295 e. The van der Waals surface area contributed by atoms with Crippen LogP contribution in [0.3, 0.4) is 0 Å². The summed E-state index contributed by atoms with van der Waals surface area (Å²) in [5.41, 5.74) is 3.27. The number of carbonyl (C=O) groups excluding carboxylic acids is 2. The third-order valence-corrected chi connectivity index (χ3v) is 12.7. The van der Waals surface area contributed by atoms with E-state index in [1.54, 1.807) is 0 Å². The zero-order valence-electron chi connectivity index (χ0n) is 25.1. The number of ketones is 2. The van der Waals surface area contributed by atoms with Crippen LogP contribution < -0.4 is 0 Å². The summed E-state index contributed by atoms with van der Waals surface area (Å²) in [4.78, 5) is 27.5. The molecule has 0 spiro atoms. The number of benzene rings is 2. The van der Waals surface area contributed by atoms with E-state index in [9.17, 15) is 9.59 Å². The molecule has 0 radical (unpaired) electrons. The van der Waals surface area contributed by atoms with Crippen LogP contribution in [0.1, 0.15) is 90.7 Å². The largest absolute Gasteiger partial charge is 0.295 e. The summed E-state index contributed by atoms with van der Waals surface area (Å²) in [6.07, 6.45) is 13.6. The van der Waals surface area contributed by atoms with Gasteiger partial charge < -0.3 is 0 Å². The number of rotatable bonds is 4. The fraction of sp³-hybridized carbons (Fsp3) is 0.526. The summed E-state index contributed by atoms with van der Waals surface area (Å²) in [6, 6.07) is 20.6. The molecule has 0 heterocycles. The maximum atomic E-state index is 13.9. The molecule has 4 aliphatic carbocycles. The number of fused-ring (bicyclic) bond motifs is 5. The van der Waals surface area contributed by atoms with E-state index < -0.39 is 0 Å². The van der Waals surface area contributed by atoms with E-state index >= 15 is 0 Å². The topological polar surface area (TPSA) is 34.1 Å². The van der Waals surface area contributed by atoms with Crippen LogP contribution in [0.25, 0.3) is 12.2 Å². The lowest BCUT2D eigenvalue weighted by molar-refractivity contribution is -0.196. The van der Waals surface area contributed by atoms with Crippen LogP contribution in [0.4, 0.5) is 0 Å². The lowest BCUT2D eigenvalue weighted by Gasteiger charge is -2.69. The Morgan fingerprint density at radius 2 is 1.38 bits per heavy atom. The molecule has 0 aromatic heterocycles. The highest BCUT2D eigenvalue weighted by Gasteiger charge is 2.69. The van der Waals surface area contributed by atoms with Crippen LogP contribution in [0.15, 0.2) is 72.3 Å². The third kappa shape index (κ3) is 4.04. The molecule has 0 unspecified atom stereocenters. The monoisotopic (exact) mass is 534 g/mol. The fourth-order valence-electron chi connectivity index (χ4n) is 10.7. The Balaban J connectivity index is 1.31. The number of allylic oxidation sites excluding steroid dienone is 2. The molecule has 4 aliphatic rings. The van der Waals surface area contributed by atoms with Gasteiger partial charge in [0.2, 0.25) is 0 Å². The number of hydrogen-bond acceptors (Lipinski definition) is 2. The van der Waals surface area contributed by atoms with Gasteiger partial charge in [0.25, 0.3) is 0 Å². The highest BCUT2D eigenvalue weighted by Crippen LogP contribution is 2.75. The molecule has 0 amide bonds. The summed E-state index contributed by atoms with van der Waals surface area (Å²) in [5, 5.41) is 0. The molecule has 0 N–H and O–H groups in total. The van der Waals surface area contributed by atoms with Crippen LogP contribution in [0.5, 0.6) is 0 Å². The SMILES string of the molecule is CC1(C)C(=O)/C(=C\c2ccccc2)C[C@]2(C)[C@H]3CC[C@@H]4[C@@H](C(=O)/C=C/c5ccccc5)CC[C@@]4(C)[C@]3(C)CC[C@@H]12. The second-order valence-electron chi connectivity index (χ2n) is 14.8. The van der Waals surface area contributed by atoms with Gasteiger partial charge in [-0.2, -0.15) is 0 Å². The van der Waals surface area contributed by atoms with Crippen LogP contribution in [-0.2, 0) is 9.59 Å². The predicted molar refractivity (Wildman–Crippen MR) is 164 cm³/mol. The average molecular weight is 535 g/mol. The van der Waals surface area contributed by atoms with Gasteiger partial charge in [0.1, 0.15) is 0 Å². The van der Waals surface area contributed by atoms with E-state index in [2.05, 4.69) is 77.1 Å². The van der Waals surface area contributed by atoms with E-state index in [0.29, 0.717) is 29.3 Å². The second-order valence-corrected chi connectivity index (χ2v) is 14.8. The molecule has 2 nitrogen and oxygen atoms in total. The van der Waals surface area contributed by atoms with Gasteiger partial charge in [-0.25, -0.2) is 0 Å². The minimum atomic E-state index is -0.358. The van der Waals surface area contributed by atoms with Crippen LogP contribution in [0, 0.1) is 45.3 Å². The van der Waals surface area contributed by atoms with Crippen LogP contribution >= 0.6 is 0 Å². The summed E-state index contributed by atoms with van der Waals surface area (Å²) in [7, 11) is 0. The number of hydrogen-bond donors (Lipinski definition) is 0. The Bertz CT molecular complexity index is 1350. The Morgan fingerprint density at radius 3 is 2.05 bits per heavy atom. The van der Waals surface area contributed by atoms with Crippen molar-refractivity contribution >= 4 is 23.7 Å². The zero-order valence-corrected chi connectivity index (χ0v) is 25.1. The first kappa shape index (κ1) is 27.4. The van der Waals surface area contributed by atoms with E-state index in [1.165, 1.54) is 12.8 Å². The summed E-state index contributed by atoms with van der Waals surface area (Å²) in [5.74, 6) is 2.19. The quantitative estimate of drug-likeness (QED) is 0.366. The molecule has 4 saturated carbocycles. The lowest BCUT2D eigenvalue weighted by Crippen LogP contribution is -2.63. The van der Waals surface area contributed by atoms with Crippen molar-refractivity contribution < 1.29 is 9.59 Å². The van der Waals surface area contributed by atoms with Crippen molar-refractivity contribution in [1.82, 2.24) is 0 Å². The molecule has 2 aromatic rings. The maximum absolute atomic E-state index is 13.9. The van der Waals surface area contributed by atoms with Crippen LogP contribution in [0.2, 0.25) is 0 Å². The van der Waals surface area contributed by atoms with E-state index in [1.807, 2.05) is 36.4 Å². The lowest BCUT2D eigenvalue weighted by atomic mass is 9.35. The number of Topliss-reactive ketones (excluding diaryl/α,β-unsaturated/α-hetero) is 1. The van der Waals surface area contributed by atoms with Gasteiger partial charge >= 0.3 is 0 Å². The molecule has 6 rings (SSSR count). The maximum Gasteiger partial charge on any atom is 0.164 e. The molecule has 0 aliphatic heterocycles. The van der Waals surface area contributed by atoms with Crippen molar-refractivity contribution in [3.8, 4) is 0 Å². The summed E-state index contributed by atoms with van der Waals surface area (Å²) >= 11 is 0. The molecule has 0 saturated heterocycles. The molecule has 2 heteroatoms. The first-order valence-corrected chi connectivity index (χ1v) is 15.6. The highest BCUT2D eigenvalue weighted by molar-refractivity contribution is 6.04. The van der Waals surface area contributed by atoms with E-state index in [4.69, 9.17) is 0 Å². The van der Waals surface area contributed by atoms with E-state index in [0.717, 1.165) is 48.8 Å². The van der Waals surface area contributed by atoms with Gasteiger partial charge in [-0.3, -0.25) is 9.59 Å². The molecule has 40 heavy (non-hydrogen) atoms. The highest BCUT2D eigenvalue weighted by atomic mass is 16.1. The van der Waals surface area contributed by atoms with Gasteiger partial charge in [0.05, 0.1) is 0 Å². The number of carbonyl (C=O) groups is 2. The van der Waals surface area contributed by atoms with Crippen molar-refractivity contribution in [2.75, 3.05) is 0 Å². The fourth-order valence-corrected chi connectivity index (χ4v) is 10.7. The second kappa shape index (κ2) is 9.68. The Morgan fingerprint density at radius 1 is 0.750 bits per heavy atom. The summed E-state index contributed by atoms with van der Waals surface area (Å²) in [6.45, 7) is 12.1. The summed E-state index contributed by atoms with van der Waals surface area (Å²) < 4.78 is 0. The molecular weight excluding hydrogens is 488 g/mol. The molecular formula is C38H46O2. The van der Waals surface area contributed by atoms with Gasteiger partial charge in [-0.05, 0) is 108 Å². The smallest absolute Gasteiger partial charge is 0.164 e. The molecule has 7 atom stereocenters. The molecule has 0 bridgehead atoms. The molecule has 2 aromatic carbocycles. The van der Waals surface area contributed by atoms with Crippen LogP contribution in [-0.4, -0.2) is 11.6 Å². The van der Waals surface area contributed by atoms with Crippen molar-refractivity contribution in [2.24, 2.45) is 45.3 Å². The Labute approximate surface area is 241 Å². The molecule has 4 fully saturated rings. The zero-order chi connectivity index (χ0) is 28.3. The Kier molecular flexibility index (Phi) is 6.63. The molecule has 210 valence electrons. The first-order chi connectivity index (χ1) is 19.0. The third-order valence-electron chi connectivity index (χ3n) is 12.7. The van der Waals surface area contributed by atoms with Gasteiger partial charge in [0.15, 0.2) is 11.6 Å². The van der Waals surface area contributed by atoms with Gasteiger partial charge in [-0.15, -0.1) is 0 Å².